The van der Waals surface area contributed by atoms with E-state index >= 15 is 0 Å². The molecule has 3 N–H and O–H groups in total. The first kappa shape index (κ1) is 13.4. The topological polar surface area (TPSA) is 76.4 Å². The van der Waals surface area contributed by atoms with E-state index in [0.717, 1.165) is 12.0 Å². The minimum atomic E-state index is -0.566. The fourth-order valence-corrected chi connectivity index (χ4v) is 2.47. The van der Waals surface area contributed by atoms with Gasteiger partial charge in [-0.05, 0) is 44.4 Å². The zero-order valence-corrected chi connectivity index (χ0v) is 11.2. The summed E-state index contributed by atoms with van der Waals surface area (Å²) in [5.41, 5.74) is 0.520. The fourth-order valence-electron chi connectivity index (χ4n) is 2.47. The van der Waals surface area contributed by atoms with E-state index in [1.54, 1.807) is 17.0 Å². The SMILES string of the molecule is CCN1C(=O)NC(=N)C1(C)CCc1ccc(O)cc1. The van der Waals surface area contributed by atoms with E-state index in [1.807, 2.05) is 26.0 Å². The van der Waals surface area contributed by atoms with Crippen molar-refractivity contribution in [3.05, 3.63) is 29.8 Å². The molecule has 2 amide bonds. The molecule has 1 fully saturated rings. The van der Waals surface area contributed by atoms with Gasteiger partial charge < -0.3 is 10.0 Å². The number of benzene rings is 1. The van der Waals surface area contributed by atoms with Crippen LogP contribution in [0.25, 0.3) is 0 Å². The van der Waals surface area contributed by atoms with Gasteiger partial charge >= 0.3 is 6.03 Å². The quantitative estimate of drug-likeness (QED) is 0.776. The molecule has 102 valence electrons. The smallest absolute Gasteiger partial charge is 0.323 e. The molecule has 1 aliphatic heterocycles. The predicted octanol–water partition coefficient (Wildman–Crippen LogP) is 2.11. The van der Waals surface area contributed by atoms with Crippen LogP contribution < -0.4 is 5.32 Å². The summed E-state index contributed by atoms with van der Waals surface area (Å²) in [5.74, 6) is 0.508. The van der Waals surface area contributed by atoms with E-state index < -0.39 is 5.54 Å². The van der Waals surface area contributed by atoms with Crippen molar-refractivity contribution in [2.45, 2.75) is 32.2 Å². The van der Waals surface area contributed by atoms with Gasteiger partial charge in [-0.25, -0.2) is 4.79 Å². The highest BCUT2D eigenvalue weighted by molar-refractivity contribution is 6.08. The van der Waals surface area contributed by atoms with E-state index in [1.165, 1.54) is 0 Å². The predicted molar refractivity (Wildman–Crippen MR) is 73.5 cm³/mol. The maximum atomic E-state index is 11.7. The lowest BCUT2D eigenvalue weighted by molar-refractivity contribution is 0.180. The normalized spacial score (nSPS) is 22.7. The van der Waals surface area contributed by atoms with Gasteiger partial charge in [-0.15, -0.1) is 0 Å². The van der Waals surface area contributed by atoms with Crippen LogP contribution in [0.1, 0.15) is 25.8 Å². The summed E-state index contributed by atoms with van der Waals surface area (Å²) in [4.78, 5) is 13.4. The molecule has 5 heteroatoms. The maximum Gasteiger partial charge on any atom is 0.323 e. The summed E-state index contributed by atoms with van der Waals surface area (Å²) < 4.78 is 0. The average molecular weight is 261 g/mol. The third-order valence-electron chi connectivity index (χ3n) is 3.76. The standard InChI is InChI=1S/C14H19N3O2/c1-3-17-13(19)16-12(15)14(17,2)9-8-10-4-6-11(18)7-5-10/h4-7,18H,3,8-9H2,1-2H3,(H2,15,16,19). The highest BCUT2D eigenvalue weighted by Gasteiger charge is 2.45. The summed E-state index contributed by atoms with van der Waals surface area (Å²) in [6, 6.07) is 6.84. The van der Waals surface area contributed by atoms with Gasteiger partial charge in [0, 0.05) is 6.54 Å². The van der Waals surface area contributed by atoms with E-state index in [0.29, 0.717) is 13.0 Å². The monoisotopic (exact) mass is 261 g/mol. The zero-order chi connectivity index (χ0) is 14.0. The van der Waals surface area contributed by atoms with Crippen LogP contribution in [0.2, 0.25) is 0 Å². The molecule has 1 heterocycles. The average Bonchev–Trinajstić information content (AvgIpc) is 2.59. The first-order valence-electron chi connectivity index (χ1n) is 6.43. The molecule has 0 radical (unpaired) electrons. The summed E-state index contributed by atoms with van der Waals surface area (Å²) in [5, 5.41) is 19.8. The van der Waals surface area contributed by atoms with Crippen LogP contribution >= 0.6 is 0 Å². The van der Waals surface area contributed by atoms with Crippen molar-refractivity contribution in [2.24, 2.45) is 0 Å². The molecule has 1 aromatic carbocycles. The Balaban J connectivity index is 2.10. The van der Waals surface area contributed by atoms with Gasteiger partial charge in [0.1, 0.15) is 11.6 Å². The minimum Gasteiger partial charge on any atom is -0.508 e. The Morgan fingerprint density at radius 3 is 2.58 bits per heavy atom. The first-order valence-corrected chi connectivity index (χ1v) is 6.43. The number of nitrogens with one attached hydrogen (secondary N) is 2. The van der Waals surface area contributed by atoms with Gasteiger partial charge in [-0.1, -0.05) is 12.1 Å². The van der Waals surface area contributed by atoms with Gasteiger partial charge in [0.25, 0.3) is 0 Å². The molecule has 0 aromatic heterocycles. The fraction of sp³-hybridized carbons (Fsp3) is 0.429. The van der Waals surface area contributed by atoms with Gasteiger partial charge in [0.2, 0.25) is 0 Å². The van der Waals surface area contributed by atoms with Gasteiger partial charge in [0.05, 0.1) is 5.54 Å². The number of carbonyl (C=O) groups excluding carboxylic acids is 1. The number of nitrogens with zero attached hydrogens (tertiary/aromatic N) is 1. The summed E-state index contributed by atoms with van der Waals surface area (Å²) in [6.07, 6.45) is 1.44. The van der Waals surface area contributed by atoms with Crippen molar-refractivity contribution in [3.8, 4) is 5.75 Å². The van der Waals surface area contributed by atoms with Crippen LogP contribution in [0.15, 0.2) is 24.3 Å². The van der Waals surface area contributed by atoms with Gasteiger partial charge in [0.15, 0.2) is 0 Å². The maximum absolute atomic E-state index is 11.7. The van der Waals surface area contributed by atoms with Crippen molar-refractivity contribution in [3.63, 3.8) is 0 Å². The summed E-state index contributed by atoms with van der Waals surface area (Å²) in [6.45, 7) is 4.41. The van der Waals surface area contributed by atoms with Crippen molar-refractivity contribution in [2.75, 3.05) is 6.54 Å². The molecule has 0 bridgehead atoms. The van der Waals surface area contributed by atoms with Crippen molar-refractivity contribution in [1.29, 1.82) is 5.41 Å². The molecule has 1 atom stereocenters. The van der Waals surface area contributed by atoms with Crippen LogP contribution in [0.4, 0.5) is 4.79 Å². The molecule has 19 heavy (non-hydrogen) atoms. The van der Waals surface area contributed by atoms with Crippen molar-refractivity contribution in [1.82, 2.24) is 10.2 Å². The second-order valence-electron chi connectivity index (χ2n) is 4.99. The van der Waals surface area contributed by atoms with Crippen molar-refractivity contribution < 1.29 is 9.90 Å². The molecule has 0 saturated carbocycles. The van der Waals surface area contributed by atoms with E-state index in [4.69, 9.17) is 5.41 Å². The number of aryl methyl sites for hydroxylation is 1. The second kappa shape index (κ2) is 4.91. The van der Waals surface area contributed by atoms with Gasteiger partial charge in [-0.2, -0.15) is 0 Å². The first-order chi connectivity index (χ1) is 8.97. The van der Waals surface area contributed by atoms with E-state index in [9.17, 15) is 9.90 Å². The van der Waals surface area contributed by atoms with Crippen LogP contribution in [-0.4, -0.2) is 34.0 Å². The lowest BCUT2D eigenvalue weighted by Gasteiger charge is -2.32. The van der Waals surface area contributed by atoms with Crippen LogP contribution in [0.3, 0.4) is 0 Å². The Kier molecular flexibility index (Phi) is 3.46. The molecule has 1 aliphatic rings. The number of amides is 2. The molecule has 1 saturated heterocycles. The van der Waals surface area contributed by atoms with Crippen LogP contribution in [0.5, 0.6) is 5.75 Å². The number of phenols is 1. The molecule has 0 spiro atoms. The largest absolute Gasteiger partial charge is 0.508 e. The molecular weight excluding hydrogens is 242 g/mol. The highest BCUT2D eigenvalue weighted by atomic mass is 16.3. The zero-order valence-electron chi connectivity index (χ0n) is 11.2. The number of carbonyl (C=O) groups is 1. The number of hydrogen-bond donors (Lipinski definition) is 3. The van der Waals surface area contributed by atoms with Crippen LogP contribution in [0, 0.1) is 5.41 Å². The van der Waals surface area contributed by atoms with E-state index in [-0.39, 0.29) is 17.6 Å². The third kappa shape index (κ3) is 2.41. The number of aromatic hydroxyl groups is 1. The number of rotatable bonds is 4. The third-order valence-corrected chi connectivity index (χ3v) is 3.76. The molecule has 5 nitrogen and oxygen atoms in total. The molecule has 0 aliphatic carbocycles. The summed E-state index contributed by atoms with van der Waals surface area (Å²) >= 11 is 0. The molecular formula is C14H19N3O2. The number of amidine groups is 1. The number of likely N-dealkylation sites (N-methyl/N-ethyl adjacent to an activating group) is 1. The Morgan fingerprint density at radius 1 is 1.37 bits per heavy atom. The Bertz CT molecular complexity index is 498. The number of phenolic OH excluding ortho intramolecular Hbond substituents is 1. The molecule has 1 unspecified atom stereocenters. The van der Waals surface area contributed by atoms with Gasteiger partial charge in [-0.3, -0.25) is 10.7 Å². The number of urea groups is 1. The number of hydrogen-bond acceptors (Lipinski definition) is 3. The Hall–Kier alpha value is -2.04. The van der Waals surface area contributed by atoms with Crippen LogP contribution in [-0.2, 0) is 6.42 Å². The highest BCUT2D eigenvalue weighted by Crippen LogP contribution is 2.27. The van der Waals surface area contributed by atoms with Crippen molar-refractivity contribution >= 4 is 11.9 Å². The molecule has 2 rings (SSSR count). The Morgan fingerprint density at radius 2 is 2.00 bits per heavy atom. The lowest BCUT2D eigenvalue weighted by Crippen LogP contribution is -2.47. The Labute approximate surface area is 112 Å². The lowest BCUT2D eigenvalue weighted by atomic mass is 9.91. The molecule has 1 aromatic rings. The van der Waals surface area contributed by atoms with E-state index in [2.05, 4.69) is 5.32 Å². The minimum absolute atomic E-state index is 0.194. The second-order valence-corrected chi connectivity index (χ2v) is 4.99. The summed E-state index contributed by atoms with van der Waals surface area (Å²) in [7, 11) is 0.